The highest BCUT2D eigenvalue weighted by atomic mass is 19.1. The van der Waals surface area contributed by atoms with Crippen LogP contribution in [0.3, 0.4) is 0 Å². The van der Waals surface area contributed by atoms with Gasteiger partial charge in [0, 0.05) is 36.9 Å². The van der Waals surface area contributed by atoms with Gasteiger partial charge in [0.1, 0.15) is 5.82 Å². The van der Waals surface area contributed by atoms with Gasteiger partial charge in [-0.3, -0.25) is 9.78 Å². The quantitative estimate of drug-likeness (QED) is 0.522. The average molecular weight is 371 g/mol. The second-order valence-electron chi connectivity index (χ2n) is 6.60. The Morgan fingerprint density at radius 3 is 2.57 bits per heavy atom. The maximum Gasteiger partial charge on any atom is 0.254 e. The summed E-state index contributed by atoms with van der Waals surface area (Å²) in [7, 11) is 1.72. The van der Waals surface area contributed by atoms with Crippen LogP contribution in [0.25, 0.3) is 22.2 Å². The molecule has 0 bridgehead atoms. The van der Waals surface area contributed by atoms with Gasteiger partial charge >= 0.3 is 0 Å². The van der Waals surface area contributed by atoms with Crippen LogP contribution in [-0.4, -0.2) is 27.8 Å². The molecule has 0 saturated carbocycles. The second kappa shape index (κ2) is 7.56. The number of fused-ring (bicyclic) bond motifs is 1. The second-order valence-corrected chi connectivity index (χ2v) is 6.60. The molecule has 28 heavy (non-hydrogen) atoms. The van der Waals surface area contributed by atoms with E-state index in [1.54, 1.807) is 36.5 Å². The molecule has 0 radical (unpaired) electrons. The van der Waals surface area contributed by atoms with Gasteiger partial charge in [0.25, 0.3) is 5.91 Å². The Morgan fingerprint density at radius 1 is 1.00 bits per heavy atom. The Labute approximate surface area is 162 Å². The fraction of sp³-hybridized carbons (Fsp3) is 0.0870. The maximum absolute atomic E-state index is 13.5. The van der Waals surface area contributed by atoms with Gasteiger partial charge in [0.2, 0.25) is 0 Å². The molecule has 0 unspecified atom stereocenters. The van der Waals surface area contributed by atoms with E-state index in [0.29, 0.717) is 17.8 Å². The summed E-state index contributed by atoms with van der Waals surface area (Å²) in [5.74, 6) is -0.453. The van der Waals surface area contributed by atoms with Crippen molar-refractivity contribution in [2.45, 2.75) is 6.54 Å². The minimum Gasteiger partial charge on any atom is -0.337 e. The number of amides is 1. The molecule has 0 N–H and O–H groups in total. The zero-order valence-electron chi connectivity index (χ0n) is 15.3. The average Bonchev–Trinajstić information content (AvgIpc) is 2.73. The van der Waals surface area contributed by atoms with Crippen LogP contribution in [0.2, 0.25) is 0 Å². The molecule has 4 aromatic rings. The van der Waals surface area contributed by atoms with E-state index >= 15 is 0 Å². The number of nitrogens with zero attached hydrogens (tertiary/aromatic N) is 3. The van der Waals surface area contributed by atoms with Crippen molar-refractivity contribution >= 4 is 16.8 Å². The number of hydrogen-bond donors (Lipinski definition) is 0. The van der Waals surface area contributed by atoms with Gasteiger partial charge in [-0.15, -0.1) is 0 Å². The largest absolute Gasteiger partial charge is 0.337 e. The summed E-state index contributed by atoms with van der Waals surface area (Å²) in [6, 6.07) is 19.4. The number of hydrogen-bond acceptors (Lipinski definition) is 3. The molecule has 1 amide bonds. The smallest absolute Gasteiger partial charge is 0.254 e. The molecular formula is C23H18FN3O. The Morgan fingerprint density at radius 2 is 1.79 bits per heavy atom. The number of carbonyl (C=O) groups is 1. The predicted octanol–water partition coefficient (Wildman–Crippen LogP) is 4.71. The van der Waals surface area contributed by atoms with E-state index in [-0.39, 0.29) is 11.7 Å². The number of pyridine rings is 2. The minimum atomic E-state index is -0.312. The third-order valence-electron chi connectivity index (χ3n) is 4.58. The molecule has 0 aliphatic heterocycles. The van der Waals surface area contributed by atoms with Crippen LogP contribution in [-0.2, 0) is 6.54 Å². The van der Waals surface area contributed by atoms with E-state index in [1.165, 1.54) is 12.1 Å². The Bertz CT molecular complexity index is 1140. The number of halogens is 1. The lowest BCUT2D eigenvalue weighted by atomic mass is 10.0. The molecule has 2 heterocycles. The van der Waals surface area contributed by atoms with Gasteiger partial charge in [-0.2, -0.15) is 0 Å². The fourth-order valence-electron chi connectivity index (χ4n) is 3.21. The van der Waals surface area contributed by atoms with Gasteiger partial charge in [-0.1, -0.05) is 30.3 Å². The molecule has 0 atom stereocenters. The van der Waals surface area contributed by atoms with Crippen molar-refractivity contribution in [3.8, 4) is 11.3 Å². The van der Waals surface area contributed by atoms with Crippen LogP contribution < -0.4 is 0 Å². The topological polar surface area (TPSA) is 46.1 Å². The highest BCUT2D eigenvalue weighted by molar-refractivity contribution is 6.07. The molecule has 0 saturated heterocycles. The van der Waals surface area contributed by atoms with Crippen molar-refractivity contribution in [2.75, 3.05) is 7.05 Å². The normalized spacial score (nSPS) is 10.8. The lowest BCUT2D eigenvalue weighted by molar-refractivity contribution is 0.0787. The zero-order valence-corrected chi connectivity index (χ0v) is 15.3. The molecule has 4 rings (SSSR count). The van der Waals surface area contributed by atoms with Gasteiger partial charge in [-0.05, 0) is 42.0 Å². The summed E-state index contributed by atoms with van der Waals surface area (Å²) in [4.78, 5) is 23.5. The van der Waals surface area contributed by atoms with E-state index < -0.39 is 0 Å². The lowest BCUT2D eigenvalue weighted by Crippen LogP contribution is -2.26. The molecule has 138 valence electrons. The van der Waals surface area contributed by atoms with Crippen molar-refractivity contribution in [3.63, 3.8) is 0 Å². The first-order chi connectivity index (χ1) is 13.6. The van der Waals surface area contributed by atoms with E-state index in [4.69, 9.17) is 4.98 Å². The summed E-state index contributed by atoms with van der Waals surface area (Å²) in [6.45, 7) is 0.317. The van der Waals surface area contributed by atoms with Crippen molar-refractivity contribution in [3.05, 3.63) is 96.1 Å². The Balaban J connectivity index is 1.75. The molecule has 0 spiro atoms. The van der Waals surface area contributed by atoms with Crippen LogP contribution in [0, 0.1) is 5.82 Å². The van der Waals surface area contributed by atoms with Crippen LogP contribution in [0.1, 0.15) is 15.9 Å². The molecule has 0 aliphatic rings. The minimum absolute atomic E-state index is 0.141. The van der Waals surface area contributed by atoms with Gasteiger partial charge in [-0.25, -0.2) is 9.37 Å². The Hall–Kier alpha value is -3.60. The standard InChI is InChI=1S/C23H18FN3O/c1-27(15-16-5-4-6-18(24)13-16)23(28)20-14-22(17-9-11-25-12-10-17)26-21-8-3-2-7-19(20)21/h2-14H,15H2,1H3. The SMILES string of the molecule is CN(Cc1cccc(F)c1)C(=O)c1cc(-c2ccncc2)nc2ccccc12. The summed E-state index contributed by atoms with van der Waals surface area (Å²) in [6.07, 6.45) is 3.40. The predicted molar refractivity (Wildman–Crippen MR) is 107 cm³/mol. The van der Waals surface area contributed by atoms with Crippen LogP contribution >= 0.6 is 0 Å². The highest BCUT2D eigenvalue weighted by Gasteiger charge is 2.18. The van der Waals surface area contributed by atoms with Crippen molar-refractivity contribution < 1.29 is 9.18 Å². The first kappa shape index (κ1) is 17.8. The third-order valence-corrected chi connectivity index (χ3v) is 4.58. The van der Waals surface area contributed by atoms with Crippen LogP contribution in [0.4, 0.5) is 4.39 Å². The van der Waals surface area contributed by atoms with E-state index in [9.17, 15) is 9.18 Å². The number of rotatable bonds is 4. The van der Waals surface area contributed by atoms with E-state index in [2.05, 4.69) is 4.98 Å². The molecule has 0 fully saturated rings. The van der Waals surface area contributed by atoms with Gasteiger partial charge in [0.05, 0.1) is 16.8 Å². The molecule has 2 aromatic heterocycles. The molecule has 5 heteroatoms. The molecule has 2 aromatic carbocycles. The molecule has 0 aliphatic carbocycles. The zero-order chi connectivity index (χ0) is 19.5. The van der Waals surface area contributed by atoms with Crippen LogP contribution in [0.15, 0.2) is 79.1 Å². The third kappa shape index (κ3) is 3.60. The maximum atomic E-state index is 13.5. The first-order valence-electron chi connectivity index (χ1n) is 8.92. The number of carbonyl (C=O) groups excluding carboxylic acids is 1. The van der Waals surface area contributed by atoms with Crippen LogP contribution in [0.5, 0.6) is 0 Å². The number of aromatic nitrogens is 2. The molecular weight excluding hydrogens is 353 g/mol. The first-order valence-corrected chi connectivity index (χ1v) is 8.92. The number of para-hydroxylation sites is 1. The Kier molecular flexibility index (Phi) is 4.81. The summed E-state index contributed by atoms with van der Waals surface area (Å²) < 4.78 is 13.5. The van der Waals surface area contributed by atoms with E-state index in [1.807, 2.05) is 42.5 Å². The fourth-order valence-corrected chi connectivity index (χ4v) is 3.21. The highest BCUT2D eigenvalue weighted by Crippen LogP contribution is 2.25. The summed E-state index contributed by atoms with van der Waals surface area (Å²) in [5, 5.41) is 0.788. The monoisotopic (exact) mass is 371 g/mol. The van der Waals surface area contributed by atoms with Crippen molar-refractivity contribution in [1.82, 2.24) is 14.9 Å². The number of benzene rings is 2. The van der Waals surface area contributed by atoms with Gasteiger partial charge in [0.15, 0.2) is 0 Å². The summed E-state index contributed by atoms with van der Waals surface area (Å²) in [5.41, 5.74) is 3.66. The van der Waals surface area contributed by atoms with E-state index in [0.717, 1.165) is 22.0 Å². The van der Waals surface area contributed by atoms with Crippen molar-refractivity contribution in [2.24, 2.45) is 0 Å². The molecule has 4 nitrogen and oxygen atoms in total. The summed E-state index contributed by atoms with van der Waals surface area (Å²) >= 11 is 0. The lowest BCUT2D eigenvalue weighted by Gasteiger charge is -2.19. The van der Waals surface area contributed by atoms with Gasteiger partial charge < -0.3 is 4.90 Å². The van der Waals surface area contributed by atoms with Crippen molar-refractivity contribution in [1.29, 1.82) is 0 Å².